The van der Waals surface area contributed by atoms with Gasteiger partial charge in [0.05, 0.1) is 0 Å². The molecule has 0 saturated carbocycles. The van der Waals surface area contributed by atoms with Crippen LogP contribution >= 0.6 is 0 Å². The normalized spacial score (nSPS) is 18.6. The van der Waals surface area contributed by atoms with Gasteiger partial charge in [-0.1, -0.05) is 0 Å². The number of amides is 2. The van der Waals surface area contributed by atoms with Gasteiger partial charge in [-0.15, -0.1) is 0 Å². The van der Waals surface area contributed by atoms with Crippen LogP contribution in [0.2, 0.25) is 0 Å². The molecular formula is C16H23N3O3. The Balaban J connectivity index is 1.95. The van der Waals surface area contributed by atoms with Crippen LogP contribution in [-0.4, -0.2) is 40.3 Å². The van der Waals surface area contributed by atoms with Gasteiger partial charge in [0, 0.05) is 48.8 Å². The molecule has 6 nitrogen and oxygen atoms in total. The number of hydrogen-bond acceptors (Lipinski definition) is 3. The first kappa shape index (κ1) is 16.3. The molecule has 2 rings (SSSR count). The predicted molar refractivity (Wildman–Crippen MR) is 83.7 cm³/mol. The van der Waals surface area contributed by atoms with Gasteiger partial charge in [0.2, 0.25) is 5.91 Å². The largest absolute Gasteiger partial charge is 0.354 e. The highest BCUT2D eigenvalue weighted by Crippen LogP contribution is 2.25. The van der Waals surface area contributed by atoms with E-state index in [2.05, 4.69) is 10.3 Å². The number of hydrogen-bond donors (Lipinski definition) is 2. The van der Waals surface area contributed by atoms with Crippen LogP contribution in [0.25, 0.3) is 0 Å². The molecule has 0 aliphatic carbocycles. The lowest BCUT2D eigenvalue weighted by atomic mass is 10.1. The molecule has 22 heavy (non-hydrogen) atoms. The summed E-state index contributed by atoms with van der Waals surface area (Å²) in [4.78, 5) is 40.2. The number of nitrogens with one attached hydrogen (secondary N) is 2. The highest BCUT2D eigenvalue weighted by Gasteiger charge is 2.36. The summed E-state index contributed by atoms with van der Waals surface area (Å²) in [7, 11) is 0. The van der Waals surface area contributed by atoms with Gasteiger partial charge in [-0.05, 0) is 27.7 Å². The number of carbonyl (C=O) groups is 2. The van der Waals surface area contributed by atoms with Gasteiger partial charge < -0.3 is 15.2 Å². The van der Waals surface area contributed by atoms with Crippen molar-refractivity contribution in [1.29, 1.82) is 0 Å². The quantitative estimate of drug-likeness (QED) is 0.876. The minimum absolute atomic E-state index is 0.104. The zero-order valence-electron chi connectivity index (χ0n) is 13.5. The highest BCUT2D eigenvalue weighted by molar-refractivity contribution is 5.92. The molecule has 1 fully saturated rings. The van der Waals surface area contributed by atoms with Crippen LogP contribution in [0.3, 0.4) is 0 Å². The van der Waals surface area contributed by atoms with E-state index in [1.54, 1.807) is 6.92 Å². The smallest absolute Gasteiger partial charge is 0.267 e. The Hall–Kier alpha value is -2.11. The minimum Gasteiger partial charge on any atom is -0.354 e. The number of rotatable bonds is 3. The molecule has 1 aromatic heterocycles. The Kier molecular flexibility index (Phi) is 4.39. The van der Waals surface area contributed by atoms with Crippen molar-refractivity contribution in [3.05, 3.63) is 33.7 Å². The summed E-state index contributed by atoms with van der Waals surface area (Å²) >= 11 is 0. The minimum atomic E-state index is -0.317. The number of H-pyrrole nitrogens is 1. The van der Waals surface area contributed by atoms with E-state index in [0.717, 1.165) is 0 Å². The molecule has 1 atom stereocenters. The second kappa shape index (κ2) is 5.94. The monoisotopic (exact) mass is 305 g/mol. The van der Waals surface area contributed by atoms with Crippen molar-refractivity contribution in [2.75, 3.05) is 13.1 Å². The van der Waals surface area contributed by atoms with Crippen LogP contribution in [0.15, 0.2) is 16.9 Å². The molecule has 1 aliphatic rings. The van der Waals surface area contributed by atoms with Gasteiger partial charge in [0.25, 0.3) is 5.91 Å². The number of aromatic nitrogens is 1. The Bertz CT molecular complexity index is 643. The van der Waals surface area contributed by atoms with Crippen LogP contribution in [0.4, 0.5) is 0 Å². The first-order chi connectivity index (χ1) is 10.2. The van der Waals surface area contributed by atoms with Crippen molar-refractivity contribution in [3.8, 4) is 0 Å². The second-order valence-electron chi connectivity index (χ2n) is 6.87. The highest BCUT2D eigenvalue weighted by atomic mass is 16.2. The Morgan fingerprint density at radius 2 is 2.05 bits per heavy atom. The van der Waals surface area contributed by atoms with Crippen LogP contribution in [0.1, 0.15) is 43.4 Å². The van der Waals surface area contributed by atoms with E-state index in [1.165, 1.54) is 12.1 Å². The molecule has 6 heteroatoms. The van der Waals surface area contributed by atoms with Crippen LogP contribution in [0.5, 0.6) is 0 Å². The number of aromatic amines is 1. The van der Waals surface area contributed by atoms with Crippen LogP contribution < -0.4 is 10.7 Å². The third kappa shape index (κ3) is 3.75. The molecule has 1 aromatic rings. The average Bonchev–Trinajstić information content (AvgIpc) is 2.76. The number of aryl methyl sites for hydroxylation is 1. The molecule has 0 bridgehead atoms. The average molecular weight is 305 g/mol. The summed E-state index contributed by atoms with van der Waals surface area (Å²) in [5.74, 6) is -0.0922. The second-order valence-corrected chi connectivity index (χ2v) is 6.87. The van der Waals surface area contributed by atoms with E-state index in [4.69, 9.17) is 0 Å². The van der Waals surface area contributed by atoms with E-state index in [-0.39, 0.29) is 34.4 Å². The number of likely N-dealkylation sites (tertiary alicyclic amines) is 1. The van der Waals surface area contributed by atoms with Crippen molar-refractivity contribution in [1.82, 2.24) is 15.2 Å². The van der Waals surface area contributed by atoms with E-state index in [0.29, 0.717) is 25.2 Å². The maximum absolute atomic E-state index is 12.1. The number of carbonyl (C=O) groups excluding carboxylic acids is 2. The molecular weight excluding hydrogens is 282 g/mol. The SMILES string of the molecule is Cc1cc(=O)cc(C(=O)NC[C@H]2CC(=O)N(C(C)(C)C)C2)[nH]1. The summed E-state index contributed by atoms with van der Waals surface area (Å²) in [6, 6.07) is 2.72. The third-order valence-corrected chi connectivity index (χ3v) is 3.79. The van der Waals surface area contributed by atoms with E-state index in [1.807, 2.05) is 25.7 Å². The Morgan fingerprint density at radius 1 is 1.36 bits per heavy atom. The molecule has 0 unspecified atom stereocenters. The van der Waals surface area contributed by atoms with E-state index < -0.39 is 0 Å². The van der Waals surface area contributed by atoms with Gasteiger partial charge in [-0.25, -0.2) is 0 Å². The lowest BCUT2D eigenvalue weighted by Gasteiger charge is -2.32. The van der Waals surface area contributed by atoms with Crippen LogP contribution in [0, 0.1) is 12.8 Å². The van der Waals surface area contributed by atoms with Gasteiger partial charge in [-0.2, -0.15) is 0 Å². The van der Waals surface area contributed by atoms with Gasteiger partial charge in [-0.3, -0.25) is 14.4 Å². The lowest BCUT2D eigenvalue weighted by Crippen LogP contribution is -2.42. The predicted octanol–water partition coefficient (Wildman–Crippen LogP) is 1.06. The fraction of sp³-hybridized carbons (Fsp3) is 0.562. The first-order valence-electron chi connectivity index (χ1n) is 7.46. The topological polar surface area (TPSA) is 82.3 Å². The maximum Gasteiger partial charge on any atom is 0.267 e. The molecule has 120 valence electrons. The summed E-state index contributed by atoms with van der Waals surface area (Å²) in [5.41, 5.74) is 0.503. The van der Waals surface area contributed by atoms with Crippen LogP contribution in [-0.2, 0) is 4.79 Å². The first-order valence-corrected chi connectivity index (χ1v) is 7.46. The number of nitrogens with zero attached hydrogens (tertiary/aromatic N) is 1. The molecule has 2 heterocycles. The maximum atomic E-state index is 12.1. The van der Waals surface area contributed by atoms with Gasteiger partial charge in [0.15, 0.2) is 5.43 Å². The zero-order chi connectivity index (χ0) is 16.5. The van der Waals surface area contributed by atoms with Gasteiger partial charge >= 0.3 is 0 Å². The van der Waals surface area contributed by atoms with Crippen molar-refractivity contribution in [2.45, 2.75) is 39.7 Å². The van der Waals surface area contributed by atoms with E-state index in [9.17, 15) is 14.4 Å². The molecule has 0 radical (unpaired) electrons. The molecule has 2 amide bonds. The van der Waals surface area contributed by atoms with E-state index >= 15 is 0 Å². The van der Waals surface area contributed by atoms with Crippen molar-refractivity contribution in [2.24, 2.45) is 5.92 Å². The standard InChI is InChI=1S/C16H23N3O3/c1-10-5-12(20)7-13(18-10)15(22)17-8-11-6-14(21)19(9-11)16(2,3)4/h5,7,11H,6,8-9H2,1-4H3,(H,17,22)(H,18,20)/t11-/m1/s1. The molecule has 0 spiro atoms. The van der Waals surface area contributed by atoms with Crippen molar-refractivity contribution in [3.63, 3.8) is 0 Å². The van der Waals surface area contributed by atoms with Gasteiger partial charge in [0.1, 0.15) is 5.69 Å². The molecule has 2 N–H and O–H groups in total. The lowest BCUT2D eigenvalue weighted by molar-refractivity contribution is -0.131. The molecule has 0 aromatic carbocycles. The van der Waals surface area contributed by atoms with Crippen molar-refractivity contribution < 1.29 is 9.59 Å². The summed E-state index contributed by atoms with van der Waals surface area (Å²) in [6.07, 6.45) is 0.446. The third-order valence-electron chi connectivity index (χ3n) is 3.79. The summed E-state index contributed by atoms with van der Waals surface area (Å²) < 4.78 is 0. The fourth-order valence-electron chi connectivity index (χ4n) is 2.70. The summed E-state index contributed by atoms with van der Waals surface area (Å²) in [5, 5.41) is 2.80. The zero-order valence-corrected chi connectivity index (χ0v) is 13.5. The molecule has 1 aliphatic heterocycles. The number of pyridine rings is 1. The van der Waals surface area contributed by atoms with Crippen molar-refractivity contribution >= 4 is 11.8 Å². The Morgan fingerprint density at radius 3 is 2.59 bits per heavy atom. The molecule has 1 saturated heterocycles. The summed E-state index contributed by atoms with van der Waals surface area (Å²) in [6.45, 7) is 8.81. The Labute approximate surface area is 129 Å². The fourth-order valence-corrected chi connectivity index (χ4v) is 2.70.